The summed E-state index contributed by atoms with van der Waals surface area (Å²) in [7, 11) is 0. The highest BCUT2D eigenvalue weighted by molar-refractivity contribution is 8.01. The maximum Gasteiger partial charge on any atom is 0.248 e. The SMILES string of the molecule is CCc1ccc(NC(=O)CSc2nc3ccc(NC(=O)/C=C\c4ccccc4)cc3s2)cc1. The maximum absolute atomic E-state index is 12.3. The summed E-state index contributed by atoms with van der Waals surface area (Å²) < 4.78 is 1.77. The second-order valence-electron chi connectivity index (χ2n) is 7.28. The van der Waals surface area contributed by atoms with E-state index in [2.05, 4.69) is 22.5 Å². The fourth-order valence-electron chi connectivity index (χ4n) is 3.11. The van der Waals surface area contributed by atoms with Gasteiger partial charge in [-0.2, -0.15) is 0 Å². The Morgan fingerprint density at radius 1 is 0.970 bits per heavy atom. The monoisotopic (exact) mass is 473 g/mol. The zero-order valence-corrected chi connectivity index (χ0v) is 19.7. The number of thiazole rings is 1. The van der Waals surface area contributed by atoms with Crippen molar-refractivity contribution >= 4 is 62.6 Å². The lowest BCUT2D eigenvalue weighted by atomic mass is 10.1. The molecule has 4 aromatic rings. The molecule has 2 N–H and O–H groups in total. The Labute approximate surface area is 200 Å². The van der Waals surface area contributed by atoms with Gasteiger partial charge in [-0.15, -0.1) is 11.3 Å². The van der Waals surface area contributed by atoms with Crippen molar-refractivity contribution < 1.29 is 9.59 Å². The van der Waals surface area contributed by atoms with Gasteiger partial charge in [0.15, 0.2) is 4.34 Å². The number of aryl methyl sites for hydroxylation is 1. The summed E-state index contributed by atoms with van der Waals surface area (Å²) in [6.07, 6.45) is 4.26. The number of nitrogens with one attached hydrogen (secondary N) is 2. The van der Waals surface area contributed by atoms with Gasteiger partial charge in [0, 0.05) is 17.5 Å². The van der Waals surface area contributed by atoms with E-state index in [0.717, 1.165) is 32.2 Å². The minimum atomic E-state index is -0.194. The topological polar surface area (TPSA) is 71.1 Å². The zero-order chi connectivity index (χ0) is 23.0. The molecule has 1 aromatic heterocycles. The van der Waals surface area contributed by atoms with Gasteiger partial charge in [-0.25, -0.2) is 4.98 Å². The van der Waals surface area contributed by atoms with Crippen LogP contribution < -0.4 is 10.6 Å². The first-order valence-electron chi connectivity index (χ1n) is 10.6. The second-order valence-corrected chi connectivity index (χ2v) is 9.54. The van der Waals surface area contributed by atoms with Crippen molar-refractivity contribution in [2.75, 3.05) is 16.4 Å². The van der Waals surface area contributed by atoms with Crippen LogP contribution in [0.3, 0.4) is 0 Å². The Morgan fingerprint density at radius 2 is 1.73 bits per heavy atom. The molecule has 0 aliphatic rings. The van der Waals surface area contributed by atoms with Gasteiger partial charge in [0.1, 0.15) is 0 Å². The molecule has 0 atom stereocenters. The van der Waals surface area contributed by atoms with Crippen LogP contribution in [0.15, 0.2) is 83.2 Å². The summed E-state index contributed by atoms with van der Waals surface area (Å²) in [5.74, 6) is 0.0195. The van der Waals surface area contributed by atoms with E-state index in [-0.39, 0.29) is 17.6 Å². The molecule has 0 aliphatic heterocycles. The molecule has 0 unspecified atom stereocenters. The Balaban J connectivity index is 1.33. The van der Waals surface area contributed by atoms with Crippen LogP contribution >= 0.6 is 23.1 Å². The fourth-order valence-corrected chi connectivity index (χ4v) is 5.02. The van der Waals surface area contributed by atoms with Crippen LogP contribution in [0.25, 0.3) is 16.3 Å². The lowest BCUT2D eigenvalue weighted by Gasteiger charge is -2.05. The number of fused-ring (bicyclic) bond motifs is 1. The molecule has 4 rings (SSSR count). The Hall–Kier alpha value is -3.42. The number of thioether (sulfide) groups is 1. The van der Waals surface area contributed by atoms with Crippen LogP contribution in [0.4, 0.5) is 11.4 Å². The number of carbonyl (C=O) groups is 2. The predicted octanol–water partition coefficient (Wildman–Crippen LogP) is 6.24. The first-order valence-corrected chi connectivity index (χ1v) is 12.4. The number of rotatable bonds is 8. The smallest absolute Gasteiger partial charge is 0.248 e. The molecule has 2 amide bonds. The largest absolute Gasteiger partial charge is 0.325 e. The van der Waals surface area contributed by atoms with Crippen LogP contribution in [-0.4, -0.2) is 22.6 Å². The third-order valence-corrected chi connectivity index (χ3v) is 7.00. The Kier molecular flexibility index (Phi) is 7.55. The Morgan fingerprint density at radius 3 is 2.48 bits per heavy atom. The van der Waals surface area contributed by atoms with Crippen LogP contribution in [0, 0.1) is 0 Å². The average Bonchev–Trinajstić information content (AvgIpc) is 3.25. The summed E-state index contributed by atoms with van der Waals surface area (Å²) in [5, 5.41) is 5.80. The normalized spacial score (nSPS) is 11.1. The highest BCUT2D eigenvalue weighted by atomic mass is 32.2. The van der Waals surface area contributed by atoms with Crippen molar-refractivity contribution in [3.63, 3.8) is 0 Å². The van der Waals surface area contributed by atoms with Crippen LogP contribution in [-0.2, 0) is 16.0 Å². The van der Waals surface area contributed by atoms with E-state index in [1.54, 1.807) is 6.08 Å². The molecule has 0 bridgehead atoms. The van der Waals surface area contributed by atoms with E-state index in [9.17, 15) is 9.59 Å². The second kappa shape index (κ2) is 10.9. The van der Waals surface area contributed by atoms with Gasteiger partial charge in [0.2, 0.25) is 11.8 Å². The highest BCUT2D eigenvalue weighted by Crippen LogP contribution is 2.31. The van der Waals surface area contributed by atoms with Crippen LogP contribution in [0.5, 0.6) is 0 Å². The third-order valence-electron chi connectivity index (χ3n) is 4.84. The molecule has 0 spiro atoms. The number of carbonyl (C=O) groups excluding carboxylic acids is 2. The molecular formula is C26H23N3O2S2. The van der Waals surface area contributed by atoms with Crippen molar-refractivity contribution in [3.05, 3.63) is 90.0 Å². The van der Waals surface area contributed by atoms with Gasteiger partial charge in [-0.05, 0) is 54.0 Å². The number of hydrogen-bond acceptors (Lipinski definition) is 5. The summed E-state index contributed by atoms with van der Waals surface area (Å²) in [4.78, 5) is 29.1. The zero-order valence-electron chi connectivity index (χ0n) is 18.1. The molecule has 7 heteroatoms. The Bertz CT molecular complexity index is 1280. The first-order chi connectivity index (χ1) is 16.1. The van der Waals surface area contributed by atoms with Crippen molar-refractivity contribution in [3.8, 4) is 0 Å². The molecule has 5 nitrogen and oxygen atoms in total. The highest BCUT2D eigenvalue weighted by Gasteiger charge is 2.09. The minimum absolute atomic E-state index is 0.0679. The molecule has 0 aliphatic carbocycles. The predicted molar refractivity (Wildman–Crippen MR) is 139 cm³/mol. The van der Waals surface area contributed by atoms with Crippen LogP contribution in [0.1, 0.15) is 18.1 Å². The summed E-state index contributed by atoms with van der Waals surface area (Å²) in [6, 6.07) is 23.2. The molecule has 0 saturated carbocycles. The molecule has 3 aromatic carbocycles. The maximum atomic E-state index is 12.3. The molecule has 0 saturated heterocycles. The van der Waals surface area contributed by atoms with Crippen molar-refractivity contribution in [2.45, 2.75) is 17.7 Å². The van der Waals surface area contributed by atoms with Gasteiger partial charge in [-0.3, -0.25) is 9.59 Å². The summed E-state index contributed by atoms with van der Waals surface area (Å²) in [6.45, 7) is 2.10. The number of anilines is 2. The molecule has 1 heterocycles. The first kappa shape index (κ1) is 22.8. The van der Waals surface area contributed by atoms with Crippen molar-refractivity contribution in [1.29, 1.82) is 0 Å². The lowest BCUT2D eigenvalue weighted by Crippen LogP contribution is -2.13. The minimum Gasteiger partial charge on any atom is -0.325 e. The molecule has 166 valence electrons. The van der Waals surface area contributed by atoms with Crippen molar-refractivity contribution in [1.82, 2.24) is 4.98 Å². The molecule has 33 heavy (non-hydrogen) atoms. The fraction of sp³-hybridized carbons (Fsp3) is 0.115. The van der Waals surface area contributed by atoms with Crippen LogP contribution in [0.2, 0.25) is 0 Å². The number of nitrogens with zero attached hydrogens (tertiary/aromatic N) is 1. The lowest BCUT2D eigenvalue weighted by molar-refractivity contribution is -0.114. The van der Waals surface area contributed by atoms with E-state index in [1.807, 2.05) is 72.8 Å². The van der Waals surface area contributed by atoms with E-state index in [4.69, 9.17) is 0 Å². The average molecular weight is 474 g/mol. The van der Waals surface area contributed by atoms with Gasteiger partial charge in [0.25, 0.3) is 0 Å². The number of hydrogen-bond donors (Lipinski definition) is 2. The van der Waals surface area contributed by atoms with E-state index in [1.165, 1.54) is 34.7 Å². The van der Waals surface area contributed by atoms with E-state index >= 15 is 0 Å². The van der Waals surface area contributed by atoms with Gasteiger partial charge >= 0.3 is 0 Å². The van der Waals surface area contributed by atoms with E-state index in [0.29, 0.717) is 5.69 Å². The van der Waals surface area contributed by atoms with Crippen molar-refractivity contribution in [2.24, 2.45) is 0 Å². The summed E-state index contributed by atoms with van der Waals surface area (Å²) in [5.41, 5.74) is 4.55. The summed E-state index contributed by atoms with van der Waals surface area (Å²) >= 11 is 2.91. The number of benzene rings is 3. The number of amides is 2. The third kappa shape index (κ3) is 6.54. The molecule has 0 fully saturated rings. The standard InChI is InChI=1S/C26H23N3O2S2/c1-2-18-8-11-20(12-9-18)27-25(31)17-32-26-29-22-14-13-21(16-23(22)33-26)28-24(30)15-10-19-6-4-3-5-7-19/h3-16H,2,17H2,1H3,(H,27,31)(H,28,30)/b15-10-. The molecule has 0 radical (unpaired) electrons. The van der Waals surface area contributed by atoms with Gasteiger partial charge < -0.3 is 10.6 Å². The quantitative estimate of drug-likeness (QED) is 0.235. The number of aromatic nitrogens is 1. The van der Waals surface area contributed by atoms with Gasteiger partial charge in [0.05, 0.1) is 16.0 Å². The molecular weight excluding hydrogens is 450 g/mol. The van der Waals surface area contributed by atoms with Gasteiger partial charge in [-0.1, -0.05) is 61.2 Å². The van der Waals surface area contributed by atoms with E-state index < -0.39 is 0 Å².